The average Bonchev–Trinajstić information content (AvgIpc) is 2.71. The van der Waals surface area contributed by atoms with Crippen LogP contribution >= 0.6 is 0 Å². The highest BCUT2D eigenvalue weighted by Gasteiger charge is 2.21. The van der Waals surface area contributed by atoms with E-state index in [1.165, 1.54) is 0 Å². The Kier molecular flexibility index (Phi) is 5.62. The van der Waals surface area contributed by atoms with Crippen molar-refractivity contribution in [3.05, 3.63) is 12.4 Å². The summed E-state index contributed by atoms with van der Waals surface area (Å²) in [6.07, 6.45) is 4.84. The van der Waals surface area contributed by atoms with Gasteiger partial charge in [-0.3, -0.25) is 0 Å². The third-order valence-corrected chi connectivity index (χ3v) is 3.29. The summed E-state index contributed by atoms with van der Waals surface area (Å²) >= 11 is 0. The van der Waals surface area contributed by atoms with Gasteiger partial charge in [0.25, 0.3) is 0 Å². The fourth-order valence-corrected chi connectivity index (χ4v) is 1.58. The van der Waals surface area contributed by atoms with Gasteiger partial charge in [-0.1, -0.05) is 0 Å². The molecular weight excluding hydrogens is 228 g/mol. The second-order valence-electron chi connectivity index (χ2n) is 5.36. The molecule has 104 valence electrons. The number of nitrogens with one attached hydrogen (secondary N) is 1. The molecular formula is C13H26N4O. The first-order valence-electron chi connectivity index (χ1n) is 6.39. The van der Waals surface area contributed by atoms with Crippen LogP contribution in [0.5, 0.6) is 0 Å². The first-order chi connectivity index (χ1) is 8.47. The molecule has 0 atom stereocenters. The summed E-state index contributed by atoms with van der Waals surface area (Å²) in [6, 6.07) is 0. The number of imidazole rings is 1. The molecule has 0 aliphatic rings. The van der Waals surface area contributed by atoms with Gasteiger partial charge in [-0.15, -0.1) is 0 Å². The van der Waals surface area contributed by atoms with Crippen LogP contribution in [-0.4, -0.2) is 54.3 Å². The molecule has 0 bridgehead atoms. The predicted molar refractivity (Wildman–Crippen MR) is 75.0 cm³/mol. The average molecular weight is 254 g/mol. The van der Waals surface area contributed by atoms with E-state index in [9.17, 15) is 0 Å². The normalized spacial score (nSPS) is 12.1. The fourth-order valence-electron chi connectivity index (χ4n) is 1.58. The van der Waals surface area contributed by atoms with E-state index in [2.05, 4.69) is 47.7 Å². The minimum Gasteiger partial charge on any atom is -0.385 e. The first kappa shape index (κ1) is 15.0. The maximum Gasteiger partial charge on any atom is 0.202 e. The quantitative estimate of drug-likeness (QED) is 0.717. The summed E-state index contributed by atoms with van der Waals surface area (Å²) in [4.78, 5) is 6.57. The number of anilines is 1. The molecule has 5 heteroatoms. The zero-order valence-electron chi connectivity index (χ0n) is 12.2. The maximum absolute atomic E-state index is 5.03. The smallest absolute Gasteiger partial charge is 0.202 e. The lowest BCUT2D eigenvalue weighted by atomic mass is 10.0. The highest BCUT2D eigenvalue weighted by molar-refractivity contribution is 5.25. The Morgan fingerprint density at radius 2 is 2.17 bits per heavy atom. The number of hydrogen-bond acceptors (Lipinski definition) is 4. The number of hydrogen-bond donors (Lipinski definition) is 1. The molecule has 0 unspecified atom stereocenters. The van der Waals surface area contributed by atoms with Gasteiger partial charge < -0.3 is 19.5 Å². The maximum atomic E-state index is 5.03. The Bertz CT molecular complexity index is 347. The van der Waals surface area contributed by atoms with Crippen molar-refractivity contribution in [1.29, 1.82) is 0 Å². The van der Waals surface area contributed by atoms with Crippen molar-refractivity contribution in [1.82, 2.24) is 14.5 Å². The van der Waals surface area contributed by atoms with Crippen molar-refractivity contribution in [3.63, 3.8) is 0 Å². The number of rotatable bonds is 8. The zero-order valence-corrected chi connectivity index (χ0v) is 12.2. The minimum atomic E-state index is 0.101. The van der Waals surface area contributed by atoms with Crippen LogP contribution in [0.25, 0.3) is 0 Å². The van der Waals surface area contributed by atoms with Gasteiger partial charge in [-0.25, -0.2) is 4.98 Å². The van der Waals surface area contributed by atoms with Gasteiger partial charge in [0.15, 0.2) is 0 Å². The van der Waals surface area contributed by atoms with Crippen LogP contribution in [0, 0.1) is 0 Å². The van der Waals surface area contributed by atoms with Crippen LogP contribution in [0.1, 0.15) is 20.3 Å². The number of likely N-dealkylation sites (N-methyl/N-ethyl adjacent to an activating group) is 1. The molecule has 1 aromatic heterocycles. The van der Waals surface area contributed by atoms with E-state index in [0.29, 0.717) is 0 Å². The Morgan fingerprint density at radius 3 is 2.78 bits per heavy atom. The highest BCUT2D eigenvalue weighted by atomic mass is 16.5. The van der Waals surface area contributed by atoms with E-state index < -0.39 is 0 Å². The lowest BCUT2D eigenvalue weighted by molar-refractivity contribution is 0.170. The first-order valence-corrected chi connectivity index (χ1v) is 6.39. The standard InChI is InChI=1S/C13H26N4O/c1-13(2,16(3)4)11-17-9-8-15-12(17)14-7-6-10-18-5/h8-9H,6-7,10-11H2,1-5H3,(H,14,15). The van der Waals surface area contributed by atoms with E-state index >= 15 is 0 Å². The number of nitrogens with zero attached hydrogens (tertiary/aromatic N) is 3. The summed E-state index contributed by atoms with van der Waals surface area (Å²) in [5.74, 6) is 0.932. The van der Waals surface area contributed by atoms with Gasteiger partial charge in [0, 0.05) is 44.7 Å². The topological polar surface area (TPSA) is 42.3 Å². The summed E-state index contributed by atoms with van der Waals surface area (Å²) in [7, 11) is 5.92. The van der Waals surface area contributed by atoms with Crippen molar-refractivity contribution in [2.45, 2.75) is 32.4 Å². The van der Waals surface area contributed by atoms with Crippen molar-refractivity contribution < 1.29 is 4.74 Å². The Balaban J connectivity index is 2.54. The van der Waals surface area contributed by atoms with Crippen LogP contribution in [0.3, 0.4) is 0 Å². The highest BCUT2D eigenvalue weighted by Crippen LogP contribution is 2.16. The molecule has 0 aliphatic carbocycles. The molecule has 0 saturated heterocycles. The van der Waals surface area contributed by atoms with Crippen molar-refractivity contribution >= 4 is 5.95 Å². The Hall–Kier alpha value is -1.07. The third kappa shape index (κ3) is 4.31. The molecule has 0 aromatic carbocycles. The molecule has 0 saturated carbocycles. The molecule has 0 radical (unpaired) electrons. The second-order valence-corrected chi connectivity index (χ2v) is 5.36. The van der Waals surface area contributed by atoms with E-state index in [4.69, 9.17) is 4.74 Å². The van der Waals surface area contributed by atoms with Crippen LogP contribution in [-0.2, 0) is 11.3 Å². The summed E-state index contributed by atoms with van der Waals surface area (Å²) < 4.78 is 7.19. The van der Waals surface area contributed by atoms with Gasteiger partial charge in [-0.2, -0.15) is 0 Å². The number of methoxy groups -OCH3 is 1. The molecule has 0 aliphatic heterocycles. The summed E-state index contributed by atoms with van der Waals surface area (Å²) in [5, 5.41) is 3.34. The third-order valence-electron chi connectivity index (χ3n) is 3.29. The lowest BCUT2D eigenvalue weighted by Gasteiger charge is -2.33. The summed E-state index contributed by atoms with van der Waals surface area (Å²) in [6.45, 7) is 7.01. The minimum absolute atomic E-state index is 0.101. The van der Waals surface area contributed by atoms with Gasteiger partial charge in [0.1, 0.15) is 0 Å². The van der Waals surface area contributed by atoms with Gasteiger partial charge in [-0.05, 0) is 34.4 Å². The van der Waals surface area contributed by atoms with Crippen LogP contribution in [0.15, 0.2) is 12.4 Å². The monoisotopic (exact) mass is 254 g/mol. The summed E-state index contributed by atoms with van der Waals surface area (Å²) in [5.41, 5.74) is 0.101. The SMILES string of the molecule is COCCCNc1nccn1CC(C)(C)N(C)C. The van der Waals surface area contributed by atoms with E-state index in [1.54, 1.807) is 7.11 Å². The van der Waals surface area contributed by atoms with Crippen LogP contribution in [0.4, 0.5) is 5.95 Å². The van der Waals surface area contributed by atoms with Crippen LogP contribution < -0.4 is 5.32 Å². The molecule has 1 N–H and O–H groups in total. The Labute approximate surface area is 110 Å². The molecule has 1 aromatic rings. The van der Waals surface area contributed by atoms with E-state index in [1.807, 2.05) is 12.4 Å². The second kappa shape index (κ2) is 6.75. The van der Waals surface area contributed by atoms with E-state index in [-0.39, 0.29) is 5.54 Å². The van der Waals surface area contributed by atoms with Gasteiger partial charge in [0.2, 0.25) is 5.95 Å². The van der Waals surface area contributed by atoms with Crippen LogP contribution in [0.2, 0.25) is 0 Å². The van der Waals surface area contributed by atoms with Gasteiger partial charge >= 0.3 is 0 Å². The van der Waals surface area contributed by atoms with Crippen molar-refractivity contribution in [2.75, 3.05) is 39.7 Å². The fraction of sp³-hybridized carbons (Fsp3) is 0.769. The molecule has 0 fully saturated rings. The van der Waals surface area contributed by atoms with Crippen molar-refractivity contribution in [3.8, 4) is 0 Å². The predicted octanol–water partition coefficient (Wildman–Crippen LogP) is 1.67. The molecule has 0 amide bonds. The van der Waals surface area contributed by atoms with Crippen molar-refractivity contribution in [2.24, 2.45) is 0 Å². The largest absolute Gasteiger partial charge is 0.385 e. The molecule has 1 rings (SSSR count). The molecule has 5 nitrogen and oxygen atoms in total. The van der Waals surface area contributed by atoms with E-state index in [0.717, 1.165) is 32.1 Å². The molecule has 1 heterocycles. The van der Waals surface area contributed by atoms with Gasteiger partial charge in [0.05, 0.1) is 0 Å². The number of aromatic nitrogens is 2. The molecule has 0 spiro atoms. The number of ether oxygens (including phenoxy) is 1. The lowest BCUT2D eigenvalue weighted by Crippen LogP contribution is -2.42. The zero-order chi connectivity index (χ0) is 13.6. The molecule has 18 heavy (non-hydrogen) atoms. The Morgan fingerprint density at radius 1 is 1.44 bits per heavy atom.